The fourth-order valence-electron chi connectivity index (χ4n) is 4.96. The molecule has 0 amide bonds. The van der Waals surface area contributed by atoms with Gasteiger partial charge < -0.3 is 19.9 Å². The predicted molar refractivity (Wildman–Crippen MR) is 143 cm³/mol. The van der Waals surface area contributed by atoms with E-state index in [0.29, 0.717) is 11.7 Å². The summed E-state index contributed by atoms with van der Waals surface area (Å²) >= 11 is 6.58. The van der Waals surface area contributed by atoms with E-state index in [2.05, 4.69) is 46.6 Å². The number of anilines is 2. The molecule has 2 N–H and O–H groups in total. The van der Waals surface area contributed by atoms with Crippen LogP contribution in [0, 0.1) is 13.8 Å². The smallest absolute Gasteiger partial charge is 0.223 e. The van der Waals surface area contributed by atoms with Crippen LogP contribution < -0.4 is 15.4 Å². The van der Waals surface area contributed by atoms with Crippen LogP contribution in [0.25, 0.3) is 11.0 Å². The molecule has 0 aliphatic carbocycles. The molecular formula is C26H31ClN8O. The SMILES string of the molecule is COc1c(C)cnc(Cn2cc(CCN3CCN(c4ccccn4)CC3)c3c(Cl)nc(N)nc32)c1C. The second-order valence-electron chi connectivity index (χ2n) is 9.17. The fourth-order valence-corrected chi connectivity index (χ4v) is 5.25. The fraction of sp³-hybridized carbons (Fsp3) is 0.385. The highest BCUT2D eigenvalue weighted by Gasteiger charge is 2.21. The number of aryl methyl sites for hydroxylation is 1. The van der Waals surface area contributed by atoms with Crippen LogP contribution in [0.5, 0.6) is 5.75 Å². The van der Waals surface area contributed by atoms with Gasteiger partial charge in [0.05, 0.1) is 24.7 Å². The first-order valence-corrected chi connectivity index (χ1v) is 12.5. The van der Waals surface area contributed by atoms with Crippen LogP contribution in [-0.4, -0.2) is 69.2 Å². The zero-order valence-electron chi connectivity index (χ0n) is 20.9. The number of rotatable bonds is 7. The number of fused-ring (bicyclic) bond motifs is 1. The van der Waals surface area contributed by atoms with Crippen molar-refractivity contribution in [2.45, 2.75) is 26.8 Å². The number of nitrogen functional groups attached to an aromatic ring is 1. The van der Waals surface area contributed by atoms with E-state index < -0.39 is 0 Å². The Kier molecular flexibility index (Phi) is 6.93. The highest BCUT2D eigenvalue weighted by atomic mass is 35.5. The molecule has 1 aliphatic rings. The first kappa shape index (κ1) is 24.3. The third-order valence-corrected chi connectivity index (χ3v) is 7.15. The molecule has 0 aromatic carbocycles. The van der Waals surface area contributed by atoms with Gasteiger partial charge in [-0.25, -0.2) is 9.97 Å². The van der Waals surface area contributed by atoms with Gasteiger partial charge in [0.15, 0.2) is 0 Å². The molecule has 5 rings (SSSR count). The number of nitrogens with zero attached hydrogens (tertiary/aromatic N) is 7. The number of piperazine rings is 1. The van der Waals surface area contributed by atoms with E-state index in [1.807, 2.05) is 38.4 Å². The maximum atomic E-state index is 6.58. The molecular weight excluding hydrogens is 476 g/mol. The van der Waals surface area contributed by atoms with Gasteiger partial charge in [0.2, 0.25) is 5.95 Å². The predicted octanol–water partition coefficient (Wildman–Crippen LogP) is 3.50. The number of ether oxygens (including phenoxy) is 1. The summed E-state index contributed by atoms with van der Waals surface area (Å²) in [6.45, 7) is 9.37. The quantitative estimate of drug-likeness (QED) is 0.380. The summed E-state index contributed by atoms with van der Waals surface area (Å²) in [7, 11) is 1.69. The van der Waals surface area contributed by atoms with Crippen molar-refractivity contribution >= 4 is 34.4 Å². The summed E-state index contributed by atoms with van der Waals surface area (Å²) in [5.74, 6) is 2.06. The van der Waals surface area contributed by atoms with Crippen LogP contribution in [0.1, 0.15) is 22.4 Å². The molecule has 1 fully saturated rings. The van der Waals surface area contributed by atoms with E-state index in [9.17, 15) is 0 Å². The van der Waals surface area contributed by atoms with E-state index in [0.717, 1.165) is 84.1 Å². The Morgan fingerprint density at radius 3 is 2.61 bits per heavy atom. The summed E-state index contributed by atoms with van der Waals surface area (Å²) < 4.78 is 7.66. The standard InChI is InChI=1S/C26H31ClN8O/c1-17-14-30-20(18(2)23(17)36-3)16-35-15-19(22-24(27)31-26(28)32-25(22)35)7-9-33-10-12-34(13-11-33)21-6-4-5-8-29-21/h4-6,8,14-15H,7,9-13,16H2,1-3H3,(H2,28,31,32). The van der Waals surface area contributed by atoms with Crippen LogP contribution in [-0.2, 0) is 13.0 Å². The van der Waals surface area contributed by atoms with Gasteiger partial charge in [0.1, 0.15) is 22.4 Å². The summed E-state index contributed by atoms with van der Waals surface area (Å²) in [6.07, 6.45) is 6.64. The molecule has 0 bridgehead atoms. The van der Waals surface area contributed by atoms with Gasteiger partial charge in [-0.3, -0.25) is 9.88 Å². The molecule has 10 heteroatoms. The normalized spacial score (nSPS) is 14.5. The Morgan fingerprint density at radius 2 is 1.89 bits per heavy atom. The number of hydrogen-bond donors (Lipinski definition) is 1. The lowest BCUT2D eigenvalue weighted by molar-refractivity contribution is 0.260. The molecule has 36 heavy (non-hydrogen) atoms. The van der Waals surface area contributed by atoms with Crippen molar-refractivity contribution in [2.75, 3.05) is 50.5 Å². The molecule has 1 aliphatic heterocycles. The highest BCUT2D eigenvalue weighted by Crippen LogP contribution is 2.30. The van der Waals surface area contributed by atoms with Crippen LogP contribution in [0.3, 0.4) is 0 Å². The first-order valence-electron chi connectivity index (χ1n) is 12.1. The summed E-state index contributed by atoms with van der Waals surface area (Å²) in [4.78, 5) is 22.7. The van der Waals surface area contributed by atoms with Gasteiger partial charge in [0.25, 0.3) is 0 Å². The van der Waals surface area contributed by atoms with Crippen LogP contribution in [0.2, 0.25) is 5.15 Å². The van der Waals surface area contributed by atoms with Gasteiger partial charge in [-0.15, -0.1) is 0 Å². The second kappa shape index (κ2) is 10.3. The third kappa shape index (κ3) is 4.81. The molecule has 4 aromatic heterocycles. The van der Waals surface area contributed by atoms with E-state index >= 15 is 0 Å². The Bertz CT molecular complexity index is 1370. The minimum Gasteiger partial charge on any atom is -0.496 e. The lowest BCUT2D eigenvalue weighted by Gasteiger charge is -2.35. The highest BCUT2D eigenvalue weighted by molar-refractivity contribution is 6.34. The zero-order valence-corrected chi connectivity index (χ0v) is 21.7. The largest absolute Gasteiger partial charge is 0.496 e. The molecule has 0 radical (unpaired) electrons. The number of methoxy groups -OCH3 is 1. The Morgan fingerprint density at radius 1 is 1.08 bits per heavy atom. The second-order valence-corrected chi connectivity index (χ2v) is 9.52. The monoisotopic (exact) mass is 506 g/mol. The zero-order chi connectivity index (χ0) is 25.2. The van der Waals surface area contributed by atoms with Crippen molar-refractivity contribution in [3.05, 3.63) is 64.3 Å². The minimum absolute atomic E-state index is 0.162. The Hall–Kier alpha value is -3.43. The van der Waals surface area contributed by atoms with Crippen molar-refractivity contribution in [1.82, 2.24) is 29.4 Å². The van der Waals surface area contributed by atoms with E-state index in [1.165, 1.54) is 0 Å². The van der Waals surface area contributed by atoms with Crippen LogP contribution in [0.15, 0.2) is 36.8 Å². The van der Waals surface area contributed by atoms with Gasteiger partial charge in [-0.1, -0.05) is 17.7 Å². The summed E-state index contributed by atoms with van der Waals surface area (Å²) in [6, 6.07) is 6.05. The van der Waals surface area contributed by atoms with Crippen LogP contribution in [0.4, 0.5) is 11.8 Å². The molecule has 0 atom stereocenters. The lowest BCUT2D eigenvalue weighted by atomic mass is 10.1. The number of aromatic nitrogens is 5. The summed E-state index contributed by atoms with van der Waals surface area (Å²) in [5.41, 5.74) is 10.7. The van der Waals surface area contributed by atoms with Gasteiger partial charge in [-0.05, 0) is 38.0 Å². The number of hydrogen-bond acceptors (Lipinski definition) is 8. The molecule has 1 saturated heterocycles. The molecule has 0 saturated carbocycles. The summed E-state index contributed by atoms with van der Waals surface area (Å²) in [5, 5.41) is 1.24. The number of pyridine rings is 2. The number of halogens is 1. The van der Waals surface area contributed by atoms with Crippen molar-refractivity contribution in [1.29, 1.82) is 0 Å². The topological polar surface area (TPSA) is 98.2 Å². The Labute approximate surface area is 215 Å². The number of nitrogens with two attached hydrogens (primary N) is 1. The van der Waals surface area contributed by atoms with Crippen LogP contribution >= 0.6 is 11.6 Å². The molecule has 9 nitrogen and oxygen atoms in total. The first-order chi connectivity index (χ1) is 17.4. The maximum absolute atomic E-state index is 6.58. The molecule has 0 spiro atoms. The molecule has 4 aromatic rings. The van der Waals surface area contributed by atoms with Gasteiger partial charge in [-0.2, -0.15) is 4.98 Å². The molecule has 5 heterocycles. The van der Waals surface area contributed by atoms with Crippen molar-refractivity contribution in [3.63, 3.8) is 0 Å². The Balaban J connectivity index is 1.35. The van der Waals surface area contributed by atoms with Gasteiger partial charge in [0, 0.05) is 62.4 Å². The van der Waals surface area contributed by atoms with E-state index in [4.69, 9.17) is 22.1 Å². The molecule has 188 valence electrons. The average Bonchev–Trinajstić information content (AvgIpc) is 3.23. The lowest BCUT2D eigenvalue weighted by Crippen LogP contribution is -2.47. The average molecular weight is 507 g/mol. The van der Waals surface area contributed by atoms with E-state index in [-0.39, 0.29) is 5.95 Å². The maximum Gasteiger partial charge on any atom is 0.223 e. The van der Waals surface area contributed by atoms with Crippen molar-refractivity contribution < 1.29 is 4.74 Å². The van der Waals surface area contributed by atoms with E-state index in [1.54, 1.807) is 7.11 Å². The van der Waals surface area contributed by atoms with Gasteiger partial charge >= 0.3 is 0 Å². The van der Waals surface area contributed by atoms with Crippen molar-refractivity contribution in [3.8, 4) is 5.75 Å². The minimum atomic E-state index is 0.162. The van der Waals surface area contributed by atoms with Crippen molar-refractivity contribution in [2.24, 2.45) is 0 Å². The molecule has 0 unspecified atom stereocenters. The third-order valence-electron chi connectivity index (χ3n) is 6.88.